The van der Waals surface area contributed by atoms with E-state index in [0.29, 0.717) is 23.9 Å². The Labute approximate surface area is 225 Å². The van der Waals surface area contributed by atoms with Gasteiger partial charge in [0.15, 0.2) is 5.82 Å². The number of amides is 1. The lowest BCUT2D eigenvalue weighted by molar-refractivity contribution is 0.0956. The van der Waals surface area contributed by atoms with Gasteiger partial charge in [-0.2, -0.15) is 0 Å². The van der Waals surface area contributed by atoms with Crippen molar-refractivity contribution in [2.75, 3.05) is 6.54 Å². The van der Waals surface area contributed by atoms with Crippen molar-refractivity contribution in [1.29, 1.82) is 0 Å². The summed E-state index contributed by atoms with van der Waals surface area (Å²) >= 11 is 0. The van der Waals surface area contributed by atoms with Crippen LogP contribution in [0, 0.1) is 0 Å². The first-order chi connectivity index (χ1) is 18.5. The Morgan fingerprint density at radius 2 is 1.66 bits per heavy atom. The first kappa shape index (κ1) is 26.4. The number of benzene rings is 2. The number of fused-ring (bicyclic) bond motifs is 2. The van der Waals surface area contributed by atoms with Crippen LogP contribution < -0.4 is 5.32 Å². The summed E-state index contributed by atoms with van der Waals surface area (Å²) in [5.41, 5.74) is 2.06. The Bertz CT molecular complexity index is 1170. The molecular weight excluding hydrogens is 478 g/mol. The quantitative estimate of drug-likeness (QED) is 0.388. The zero-order valence-corrected chi connectivity index (χ0v) is 22.4. The van der Waals surface area contributed by atoms with Crippen LogP contribution in [-0.4, -0.2) is 49.5 Å². The SMILES string of the molecule is CC(C)c1nnc(CO)n1C1CC2CCC(C1)N2CC[C@H](NC(=O)OCc1ccccc1)c1ccccc1. The molecule has 0 radical (unpaired) electrons. The van der Waals surface area contributed by atoms with Crippen LogP contribution in [0.5, 0.6) is 0 Å². The molecule has 2 unspecified atom stereocenters. The summed E-state index contributed by atoms with van der Waals surface area (Å²) in [6.45, 7) is 5.34. The monoisotopic (exact) mass is 517 g/mol. The maximum atomic E-state index is 12.7. The minimum absolute atomic E-state index is 0.0833. The number of nitrogens with one attached hydrogen (secondary N) is 1. The van der Waals surface area contributed by atoms with E-state index >= 15 is 0 Å². The highest BCUT2D eigenvalue weighted by Gasteiger charge is 2.42. The van der Waals surface area contributed by atoms with Gasteiger partial charge in [0.05, 0.1) is 6.04 Å². The molecule has 2 aliphatic heterocycles. The second-order valence-corrected chi connectivity index (χ2v) is 10.9. The predicted octanol–water partition coefficient (Wildman–Crippen LogP) is 5.12. The number of nitrogens with zero attached hydrogens (tertiary/aromatic N) is 4. The van der Waals surface area contributed by atoms with Crippen LogP contribution in [0.25, 0.3) is 0 Å². The van der Waals surface area contributed by atoms with Crippen LogP contribution in [0.3, 0.4) is 0 Å². The third-order valence-electron chi connectivity index (χ3n) is 8.06. The Kier molecular flexibility index (Phi) is 8.39. The summed E-state index contributed by atoms with van der Waals surface area (Å²) in [4.78, 5) is 15.4. The minimum Gasteiger partial charge on any atom is -0.445 e. The van der Waals surface area contributed by atoms with Crippen LogP contribution in [0.2, 0.25) is 0 Å². The van der Waals surface area contributed by atoms with Gasteiger partial charge in [0, 0.05) is 30.6 Å². The van der Waals surface area contributed by atoms with Crippen LogP contribution in [0.15, 0.2) is 60.7 Å². The average molecular weight is 518 g/mol. The van der Waals surface area contributed by atoms with Gasteiger partial charge < -0.3 is 19.7 Å². The van der Waals surface area contributed by atoms with Gasteiger partial charge in [0.1, 0.15) is 19.0 Å². The Hall–Kier alpha value is -3.23. The molecule has 38 heavy (non-hydrogen) atoms. The van der Waals surface area contributed by atoms with Gasteiger partial charge in [-0.15, -0.1) is 10.2 Å². The van der Waals surface area contributed by atoms with Crippen molar-refractivity contribution in [3.8, 4) is 0 Å². The molecular formula is C30H39N5O3. The van der Waals surface area contributed by atoms with Crippen molar-refractivity contribution in [2.45, 2.75) is 89.3 Å². The largest absolute Gasteiger partial charge is 0.445 e. The van der Waals surface area contributed by atoms with Gasteiger partial charge in [-0.3, -0.25) is 4.90 Å². The number of rotatable bonds is 10. The van der Waals surface area contributed by atoms with E-state index in [9.17, 15) is 9.90 Å². The zero-order valence-electron chi connectivity index (χ0n) is 22.4. The molecule has 8 heteroatoms. The number of alkyl carbamates (subject to hydrolysis) is 1. The number of aromatic nitrogens is 3. The molecule has 5 rings (SSSR count). The third kappa shape index (κ3) is 5.92. The zero-order chi connectivity index (χ0) is 26.5. The lowest BCUT2D eigenvalue weighted by Crippen LogP contribution is -2.45. The molecule has 0 spiro atoms. The molecule has 1 aromatic heterocycles. The van der Waals surface area contributed by atoms with E-state index in [2.05, 4.69) is 51.0 Å². The van der Waals surface area contributed by atoms with Crippen LogP contribution in [-0.2, 0) is 18.0 Å². The van der Waals surface area contributed by atoms with E-state index in [1.807, 2.05) is 48.5 Å². The van der Waals surface area contributed by atoms with Crippen molar-refractivity contribution in [3.63, 3.8) is 0 Å². The molecule has 2 N–H and O–H groups in total. The van der Waals surface area contributed by atoms with Gasteiger partial charge in [0.25, 0.3) is 0 Å². The molecule has 8 nitrogen and oxygen atoms in total. The number of hydrogen-bond acceptors (Lipinski definition) is 6. The van der Waals surface area contributed by atoms with Crippen LogP contribution in [0.1, 0.15) is 86.7 Å². The lowest BCUT2D eigenvalue weighted by Gasteiger charge is -2.40. The molecule has 2 aromatic carbocycles. The lowest BCUT2D eigenvalue weighted by atomic mass is 9.95. The van der Waals surface area contributed by atoms with E-state index in [-0.39, 0.29) is 25.2 Å². The summed E-state index contributed by atoms with van der Waals surface area (Å²) in [5.74, 6) is 1.90. The highest BCUT2D eigenvalue weighted by molar-refractivity contribution is 5.68. The topological polar surface area (TPSA) is 92.5 Å². The number of carbonyl (C=O) groups is 1. The first-order valence-electron chi connectivity index (χ1n) is 13.9. The van der Waals surface area contributed by atoms with Crippen molar-refractivity contribution in [3.05, 3.63) is 83.4 Å². The number of ether oxygens (including phenoxy) is 1. The maximum absolute atomic E-state index is 12.7. The molecule has 0 saturated carbocycles. The molecule has 3 aromatic rings. The molecule has 3 atom stereocenters. The molecule has 2 bridgehead atoms. The Morgan fingerprint density at radius 3 is 2.29 bits per heavy atom. The highest BCUT2D eigenvalue weighted by Crippen LogP contribution is 2.42. The summed E-state index contributed by atoms with van der Waals surface area (Å²) in [5, 5.41) is 21.7. The summed E-state index contributed by atoms with van der Waals surface area (Å²) in [6.07, 6.45) is 4.84. The fourth-order valence-electron chi connectivity index (χ4n) is 6.25. The summed E-state index contributed by atoms with van der Waals surface area (Å²) in [6, 6.07) is 21.1. The van der Waals surface area contributed by atoms with E-state index in [4.69, 9.17) is 4.74 Å². The van der Waals surface area contributed by atoms with Crippen LogP contribution >= 0.6 is 0 Å². The average Bonchev–Trinajstić information content (AvgIpc) is 3.48. The van der Waals surface area contributed by atoms with Crippen molar-refractivity contribution in [2.24, 2.45) is 0 Å². The number of hydrogen-bond donors (Lipinski definition) is 2. The summed E-state index contributed by atoms with van der Waals surface area (Å²) < 4.78 is 7.75. The van der Waals surface area contributed by atoms with E-state index in [1.165, 1.54) is 12.8 Å². The van der Waals surface area contributed by atoms with Crippen molar-refractivity contribution < 1.29 is 14.6 Å². The van der Waals surface area contributed by atoms with Gasteiger partial charge in [0.2, 0.25) is 0 Å². The van der Waals surface area contributed by atoms with Crippen molar-refractivity contribution in [1.82, 2.24) is 25.0 Å². The number of aliphatic hydroxyl groups is 1. The molecule has 2 aliphatic rings. The van der Waals surface area contributed by atoms with E-state index < -0.39 is 6.09 Å². The normalized spacial score (nSPS) is 21.9. The van der Waals surface area contributed by atoms with Gasteiger partial charge in [-0.1, -0.05) is 74.5 Å². The molecule has 3 heterocycles. The number of aliphatic hydroxyl groups excluding tert-OH is 1. The van der Waals surface area contributed by atoms with Gasteiger partial charge >= 0.3 is 6.09 Å². The number of piperidine rings is 1. The molecule has 0 aliphatic carbocycles. The second-order valence-electron chi connectivity index (χ2n) is 10.9. The molecule has 2 saturated heterocycles. The Balaban J connectivity index is 1.23. The van der Waals surface area contributed by atoms with E-state index in [0.717, 1.165) is 42.8 Å². The van der Waals surface area contributed by atoms with Gasteiger partial charge in [-0.25, -0.2) is 4.79 Å². The second kappa shape index (κ2) is 12.1. The fourth-order valence-corrected chi connectivity index (χ4v) is 6.25. The third-order valence-corrected chi connectivity index (χ3v) is 8.06. The molecule has 202 valence electrons. The summed E-state index contributed by atoms with van der Waals surface area (Å²) in [7, 11) is 0. The predicted molar refractivity (Wildman–Crippen MR) is 145 cm³/mol. The van der Waals surface area contributed by atoms with E-state index in [1.54, 1.807) is 0 Å². The fraction of sp³-hybridized carbons (Fsp3) is 0.500. The molecule has 1 amide bonds. The Morgan fingerprint density at radius 1 is 1.00 bits per heavy atom. The highest BCUT2D eigenvalue weighted by atomic mass is 16.5. The van der Waals surface area contributed by atoms with Gasteiger partial charge in [-0.05, 0) is 43.2 Å². The number of carbonyl (C=O) groups excluding carboxylic acids is 1. The standard InChI is InChI=1S/C30H39N5O3/c1-21(2)29-33-32-28(19-36)35(29)26-17-24-13-14-25(18-26)34(24)16-15-27(23-11-7-4-8-12-23)31-30(37)38-20-22-9-5-3-6-10-22/h3-12,21,24-27,36H,13-20H2,1-2H3,(H,31,37)/t24?,25?,26?,27-/m0/s1. The smallest absolute Gasteiger partial charge is 0.407 e. The van der Waals surface area contributed by atoms with Crippen LogP contribution in [0.4, 0.5) is 4.79 Å². The maximum Gasteiger partial charge on any atom is 0.407 e. The minimum atomic E-state index is -0.394. The van der Waals surface area contributed by atoms with Crippen molar-refractivity contribution >= 4 is 6.09 Å². The molecule has 2 fully saturated rings. The first-order valence-corrected chi connectivity index (χ1v) is 13.9.